The second-order valence-corrected chi connectivity index (χ2v) is 20.0. The van der Waals surface area contributed by atoms with Crippen molar-refractivity contribution in [3.8, 4) is 5.75 Å². The number of ether oxygens (including phenoxy) is 1. The molecule has 3 amide bonds. The van der Waals surface area contributed by atoms with Crippen LogP contribution in [0.5, 0.6) is 5.75 Å². The third-order valence-corrected chi connectivity index (χ3v) is 9.44. The molecule has 244 valence electrons. The number of benzene rings is 1. The molecule has 0 unspecified atom stereocenters. The van der Waals surface area contributed by atoms with Gasteiger partial charge < -0.3 is 36.0 Å². The fraction of sp³-hybridized carbons (Fsp3) is 0.630. The molecule has 0 aliphatic carbocycles. The number of nitrogens with one attached hydrogen (secondary N) is 4. The fourth-order valence-electron chi connectivity index (χ4n) is 3.61. The zero-order chi connectivity index (χ0) is 33.2. The zero-order valence-corrected chi connectivity index (χ0v) is 27.6. The van der Waals surface area contributed by atoms with Crippen molar-refractivity contribution in [2.24, 2.45) is 0 Å². The average Bonchev–Trinajstić information content (AvgIpc) is 2.85. The maximum Gasteiger partial charge on any atom is 0.408 e. The maximum atomic E-state index is 13.5. The van der Waals surface area contributed by atoms with E-state index in [1.54, 1.807) is 20.8 Å². The van der Waals surface area contributed by atoms with E-state index in [1.807, 2.05) is 0 Å². The normalized spacial score (nSPS) is 15.0. The summed E-state index contributed by atoms with van der Waals surface area (Å²) in [6.45, 7) is 12.2. The van der Waals surface area contributed by atoms with Crippen molar-refractivity contribution in [3.05, 3.63) is 29.8 Å². The van der Waals surface area contributed by atoms with Gasteiger partial charge in [0.2, 0.25) is 21.8 Å². The van der Waals surface area contributed by atoms with Crippen LogP contribution < -0.4 is 20.7 Å². The molecular weight excluding hydrogens is 600 g/mol. The van der Waals surface area contributed by atoms with Crippen molar-refractivity contribution in [2.75, 3.05) is 12.3 Å². The first-order valence-corrected chi connectivity index (χ1v) is 19.2. The van der Waals surface area contributed by atoms with Crippen LogP contribution in [0, 0.1) is 0 Å². The highest BCUT2D eigenvalue weighted by Crippen LogP contribution is 2.19. The highest BCUT2D eigenvalue weighted by molar-refractivity contribution is 7.89. The standard InChI is InChI=1S/C27H46N4O10SSi/c1-17(32)21(25(36)37)30-23(34)20(9-8-14-28-42(39,40)15-16-43(5,6)7)29-24(35)22(18-10-12-19(33)13-11-18)31-26(38)41-27(2,3)4/h10-13,17,20-22,28,32-33H,8-9,14-16H2,1-7H3,(H,29,35)(H,30,34)(H,31,38)(H,36,37)/t17-,20-,21-,22-/m1/s1. The van der Waals surface area contributed by atoms with Crippen LogP contribution in [0.2, 0.25) is 25.7 Å². The first-order valence-electron chi connectivity index (χ1n) is 13.9. The van der Waals surface area contributed by atoms with Gasteiger partial charge in [0, 0.05) is 14.6 Å². The largest absolute Gasteiger partial charge is 0.508 e. The van der Waals surface area contributed by atoms with E-state index < -0.39 is 71.8 Å². The number of sulfonamides is 1. The molecule has 0 aromatic heterocycles. The Balaban J connectivity index is 3.18. The third kappa shape index (κ3) is 15.2. The summed E-state index contributed by atoms with van der Waals surface area (Å²) in [4.78, 5) is 50.7. The molecule has 0 fully saturated rings. The molecular formula is C27H46N4O10SSi. The Hall–Kier alpha value is -3.21. The second-order valence-electron chi connectivity index (χ2n) is 12.5. The number of carbonyl (C=O) groups is 4. The van der Waals surface area contributed by atoms with E-state index in [-0.39, 0.29) is 36.5 Å². The summed E-state index contributed by atoms with van der Waals surface area (Å²) < 4.78 is 32.5. The number of phenolic OH excluding ortho intramolecular Hbond substituents is 1. The van der Waals surface area contributed by atoms with Gasteiger partial charge in [-0.3, -0.25) is 9.59 Å². The SMILES string of the molecule is C[C@@H](O)[C@@H](NC(=O)[C@@H](CCCNS(=O)(=O)CC[Si](C)(C)C)NC(=O)[C@H](NC(=O)OC(C)(C)C)c1ccc(O)cc1)C(=O)O. The number of carboxylic acids is 1. The molecule has 1 aromatic carbocycles. The Morgan fingerprint density at radius 2 is 1.56 bits per heavy atom. The Morgan fingerprint density at radius 1 is 0.977 bits per heavy atom. The number of aliphatic hydroxyl groups is 1. The predicted molar refractivity (Wildman–Crippen MR) is 163 cm³/mol. The number of amides is 3. The number of rotatable bonds is 16. The smallest absolute Gasteiger partial charge is 0.408 e. The Labute approximate surface area is 254 Å². The Kier molecular flexibility index (Phi) is 14.1. The van der Waals surface area contributed by atoms with E-state index in [0.717, 1.165) is 0 Å². The summed E-state index contributed by atoms with van der Waals surface area (Å²) in [5.41, 5.74) is -0.652. The van der Waals surface area contributed by atoms with Gasteiger partial charge >= 0.3 is 12.1 Å². The van der Waals surface area contributed by atoms with Gasteiger partial charge in [0.1, 0.15) is 23.4 Å². The van der Waals surface area contributed by atoms with Gasteiger partial charge in [-0.2, -0.15) is 0 Å². The first kappa shape index (κ1) is 37.8. The van der Waals surface area contributed by atoms with Gasteiger partial charge in [-0.25, -0.2) is 22.7 Å². The number of aliphatic carboxylic acids is 1. The minimum Gasteiger partial charge on any atom is -0.508 e. The molecule has 4 atom stereocenters. The summed E-state index contributed by atoms with van der Waals surface area (Å²) in [6.07, 6.45) is -2.43. The average molecular weight is 647 g/mol. The third-order valence-electron chi connectivity index (χ3n) is 5.94. The van der Waals surface area contributed by atoms with Crippen molar-refractivity contribution in [1.82, 2.24) is 20.7 Å². The molecule has 1 rings (SSSR count). The summed E-state index contributed by atoms with van der Waals surface area (Å²) in [6, 6.07) is 1.47. The van der Waals surface area contributed by atoms with E-state index >= 15 is 0 Å². The lowest BCUT2D eigenvalue weighted by molar-refractivity contribution is -0.145. The van der Waals surface area contributed by atoms with E-state index in [4.69, 9.17) is 4.74 Å². The molecule has 0 bridgehead atoms. The first-order chi connectivity index (χ1) is 19.6. The monoisotopic (exact) mass is 646 g/mol. The summed E-state index contributed by atoms with van der Waals surface area (Å²) in [5.74, 6) is -3.44. The Bertz CT molecular complexity index is 1210. The van der Waals surface area contributed by atoms with Crippen LogP contribution in [0.15, 0.2) is 24.3 Å². The van der Waals surface area contributed by atoms with Crippen LogP contribution in [0.4, 0.5) is 4.79 Å². The number of hydrogen-bond donors (Lipinski definition) is 7. The number of hydrogen-bond acceptors (Lipinski definition) is 9. The lowest BCUT2D eigenvalue weighted by Gasteiger charge is -2.26. The molecule has 0 spiro atoms. The molecule has 0 aliphatic heterocycles. The molecule has 16 heteroatoms. The number of carbonyl (C=O) groups excluding carboxylic acids is 3. The predicted octanol–water partition coefficient (Wildman–Crippen LogP) is 1.43. The molecule has 7 N–H and O–H groups in total. The van der Waals surface area contributed by atoms with Crippen LogP contribution in [0.3, 0.4) is 0 Å². The number of aromatic hydroxyl groups is 1. The molecule has 0 radical (unpaired) electrons. The Morgan fingerprint density at radius 3 is 2.05 bits per heavy atom. The van der Waals surface area contributed by atoms with Crippen LogP contribution in [-0.2, 0) is 29.1 Å². The molecule has 0 saturated carbocycles. The van der Waals surface area contributed by atoms with E-state index in [9.17, 15) is 42.9 Å². The highest BCUT2D eigenvalue weighted by Gasteiger charge is 2.32. The van der Waals surface area contributed by atoms with Gasteiger partial charge in [-0.15, -0.1) is 0 Å². The molecule has 0 heterocycles. The molecule has 14 nitrogen and oxygen atoms in total. The minimum absolute atomic E-state index is 0.0390. The van der Waals surface area contributed by atoms with Gasteiger partial charge in [0.25, 0.3) is 0 Å². The van der Waals surface area contributed by atoms with Crippen LogP contribution in [0.1, 0.15) is 52.1 Å². The van der Waals surface area contributed by atoms with Gasteiger partial charge in [0.15, 0.2) is 6.04 Å². The highest BCUT2D eigenvalue weighted by atomic mass is 32.2. The van der Waals surface area contributed by atoms with E-state index in [2.05, 4.69) is 40.3 Å². The van der Waals surface area contributed by atoms with Crippen LogP contribution in [0.25, 0.3) is 0 Å². The lowest BCUT2D eigenvalue weighted by Crippen LogP contribution is -2.56. The van der Waals surface area contributed by atoms with Crippen molar-refractivity contribution < 1.29 is 47.7 Å². The van der Waals surface area contributed by atoms with E-state index in [1.165, 1.54) is 31.2 Å². The molecule has 0 aliphatic rings. The number of phenols is 1. The van der Waals surface area contributed by atoms with Crippen LogP contribution in [-0.4, -0.2) is 91.8 Å². The van der Waals surface area contributed by atoms with Gasteiger partial charge in [-0.05, 0) is 64.3 Å². The van der Waals surface area contributed by atoms with Crippen molar-refractivity contribution in [3.63, 3.8) is 0 Å². The van der Waals surface area contributed by atoms with Crippen LogP contribution >= 0.6 is 0 Å². The lowest BCUT2D eigenvalue weighted by atomic mass is 10.0. The fourth-order valence-corrected chi connectivity index (χ4v) is 7.73. The van der Waals surface area contributed by atoms with E-state index in [0.29, 0.717) is 6.04 Å². The van der Waals surface area contributed by atoms with Crippen molar-refractivity contribution in [1.29, 1.82) is 0 Å². The molecule has 0 saturated heterocycles. The second kappa shape index (κ2) is 16.0. The number of carboxylic acid groups (broad SMARTS) is 1. The van der Waals surface area contributed by atoms with Crippen molar-refractivity contribution in [2.45, 2.75) is 96.1 Å². The number of aliphatic hydroxyl groups excluding tert-OH is 1. The van der Waals surface area contributed by atoms with Crippen molar-refractivity contribution >= 4 is 42.0 Å². The zero-order valence-electron chi connectivity index (χ0n) is 25.8. The topological polar surface area (TPSA) is 220 Å². The summed E-state index contributed by atoms with van der Waals surface area (Å²) in [7, 11) is -5.18. The minimum atomic E-state index is -3.57. The van der Waals surface area contributed by atoms with Gasteiger partial charge in [-0.1, -0.05) is 31.8 Å². The number of alkyl carbamates (subject to hydrolysis) is 1. The maximum absolute atomic E-state index is 13.5. The molecule has 1 aromatic rings. The summed E-state index contributed by atoms with van der Waals surface area (Å²) in [5, 5.41) is 36.0. The quantitative estimate of drug-likeness (QED) is 0.101. The summed E-state index contributed by atoms with van der Waals surface area (Å²) >= 11 is 0. The van der Waals surface area contributed by atoms with Gasteiger partial charge in [0.05, 0.1) is 11.9 Å². The molecule has 43 heavy (non-hydrogen) atoms.